The molecule has 1 aromatic rings. The van der Waals surface area contributed by atoms with Crippen LogP contribution in [0.3, 0.4) is 0 Å². The molecule has 0 radical (unpaired) electrons. The van der Waals surface area contributed by atoms with Crippen molar-refractivity contribution >= 4 is 15.6 Å². The highest BCUT2D eigenvalue weighted by Gasteiger charge is 2.51. The van der Waals surface area contributed by atoms with Gasteiger partial charge in [0.05, 0.1) is 4.90 Å². The maximum Gasteiger partial charge on any atom is 0.410 e. The minimum absolute atomic E-state index is 0.0768. The summed E-state index contributed by atoms with van der Waals surface area (Å²) in [5.74, 6) is -1.60. The van der Waals surface area contributed by atoms with Crippen molar-refractivity contribution < 1.29 is 22.0 Å². The number of rotatable bonds is 5. The lowest BCUT2D eigenvalue weighted by Gasteiger charge is -2.18. The zero-order valence-corrected chi connectivity index (χ0v) is 12.9. The molecular formula is C16H18F2O3S. The topological polar surface area (TPSA) is 51.2 Å². The van der Waals surface area contributed by atoms with Gasteiger partial charge in [-0.3, -0.25) is 4.79 Å². The van der Waals surface area contributed by atoms with Crippen LogP contribution in [0.2, 0.25) is 0 Å². The predicted molar refractivity (Wildman–Crippen MR) is 79.3 cm³/mol. The summed E-state index contributed by atoms with van der Waals surface area (Å²) >= 11 is 0. The van der Waals surface area contributed by atoms with Crippen LogP contribution in [0.15, 0.2) is 47.4 Å². The van der Waals surface area contributed by atoms with Gasteiger partial charge in [-0.15, -0.1) is 0 Å². The van der Waals surface area contributed by atoms with Crippen molar-refractivity contribution in [2.24, 2.45) is 5.92 Å². The van der Waals surface area contributed by atoms with Gasteiger partial charge in [-0.2, -0.15) is 8.78 Å². The number of hydrogen-bond acceptors (Lipinski definition) is 3. The Morgan fingerprint density at radius 3 is 2.27 bits per heavy atom. The number of allylic oxidation sites excluding steroid dienone is 2. The molecule has 0 N–H and O–H groups in total. The molecule has 0 aliphatic heterocycles. The number of halogens is 2. The van der Waals surface area contributed by atoms with Gasteiger partial charge in [0.25, 0.3) is 9.84 Å². The highest BCUT2D eigenvalue weighted by atomic mass is 32.2. The average molecular weight is 328 g/mol. The Hall–Kier alpha value is -1.56. The quantitative estimate of drug-likeness (QED) is 0.773. The zero-order valence-electron chi connectivity index (χ0n) is 12.0. The summed E-state index contributed by atoms with van der Waals surface area (Å²) in [6.45, 7) is 0. The number of carbonyl (C=O) groups is 1. The molecule has 0 amide bonds. The van der Waals surface area contributed by atoms with Crippen molar-refractivity contribution in [3.8, 4) is 0 Å². The molecule has 0 heterocycles. The monoisotopic (exact) mass is 328 g/mol. The number of ketones is 1. The third-order valence-corrected chi connectivity index (χ3v) is 5.62. The maximum absolute atomic E-state index is 14.0. The van der Waals surface area contributed by atoms with Gasteiger partial charge in [0.2, 0.25) is 5.78 Å². The molecule has 6 heteroatoms. The number of carbonyl (C=O) groups excluding carboxylic acids is 1. The molecule has 1 fully saturated rings. The Balaban J connectivity index is 2.18. The summed E-state index contributed by atoms with van der Waals surface area (Å²) in [5, 5.41) is -4.44. The second kappa shape index (κ2) is 6.69. The highest BCUT2D eigenvalue weighted by Crippen LogP contribution is 2.31. The first-order valence-electron chi connectivity index (χ1n) is 7.26. The standard InChI is InChI=1S/C16H18F2O3S/c17-16(18,22(20,21)14-9-5-2-6-10-14)15(19)12-11-13-7-3-1-4-8-13/h2,5-6,9-13H,1,3-4,7-8H2/b12-11+. The molecule has 0 aromatic heterocycles. The van der Waals surface area contributed by atoms with Crippen LogP contribution in [0.1, 0.15) is 32.1 Å². The SMILES string of the molecule is O=C(/C=C/C1CCCCC1)C(F)(F)S(=O)(=O)c1ccccc1. The minimum Gasteiger partial charge on any atom is -0.287 e. The molecule has 0 bridgehead atoms. The van der Waals surface area contributed by atoms with E-state index in [1.54, 1.807) is 0 Å². The molecule has 1 aliphatic carbocycles. The smallest absolute Gasteiger partial charge is 0.287 e. The fourth-order valence-electron chi connectivity index (χ4n) is 2.53. The Labute approximate surface area is 129 Å². The van der Waals surface area contributed by atoms with Crippen molar-refractivity contribution in [3.05, 3.63) is 42.5 Å². The summed E-state index contributed by atoms with van der Waals surface area (Å²) in [7, 11) is -5.02. The molecule has 0 spiro atoms. The van der Waals surface area contributed by atoms with E-state index < -0.39 is 25.8 Å². The lowest BCUT2D eigenvalue weighted by molar-refractivity contribution is -0.128. The van der Waals surface area contributed by atoms with Crippen molar-refractivity contribution in [3.63, 3.8) is 0 Å². The molecule has 1 aromatic carbocycles. The third kappa shape index (κ3) is 3.43. The molecule has 2 rings (SSSR count). The van der Waals surface area contributed by atoms with Crippen LogP contribution < -0.4 is 0 Å². The molecular weight excluding hydrogens is 310 g/mol. The first-order valence-corrected chi connectivity index (χ1v) is 8.74. The van der Waals surface area contributed by atoms with Crippen molar-refractivity contribution in [1.82, 2.24) is 0 Å². The summed E-state index contributed by atoms with van der Waals surface area (Å²) < 4.78 is 52.0. The second-order valence-electron chi connectivity index (χ2n) is 5.45. The van der Waals surface area contributed by atoms with Gasteiger partial charge >= 0.3 is 5.25 Å². The van der Waals surface area contributed by atoms with Crippen molar-refractivity contribution in [2.75, 3.05) is 0 Å². The first-order chi connectivity index (χ1) is 10.4. The molecule has 1 saturated carbocycles. The van der Waals surface area contributed by atoms with E-state index in [0.717, 1.165) is 50.3 Å². The normalized spacial score (nSPS) is 17.7. The fraction of sp³-hybridized carbons (Fsp3) is 0.438. The summed E-state index contributed by atoms with van der Waals surface area (Å²) in [6, 6.07) is 6.31. The van der Waals surface area contributed by atoms with E-state index in [1.807, 2.05) is 0 Å². The molecule has 0 unspecified atom stereocenters. The van der Waals surface area contributed by atoms with E-state index >= 15 is 0 Å². The average Bonchev–Trinajstić information content (AvgIpc) is 2.54. The molecule has 3 nitrogen and oxygen atoms in total. The van der Waals surface area contributed by atoms with E-state index in [2.05, 4.69) is 0 Å². The van der Waals surface area contributed by atoms with Gasteiger partial charge in [-0.1, -0.05) is 43.5 Å². The summed E-state index contributed by atoms with van der Waals surface area (Å²) in [5.41, 5.74) is 0. The van der Waals surface area contributed by atoms with Crippen LogP contribution >= 0.6 is 0 Å². The number of sulfone groups is 1. The molecule has 0 saturated heterocycles. The van der Waals surface area contributed by atoms with Crippen LogP contribution in [-0.2, 0) is 14.6 Å². The Morgan fingerprint density at radius 2 is 1.68 bits per heavy atom. The largest absolute Gasteiger partial charge is 0.410 e. The van der Waals surface area contributed by atoms with Crippen LogP contribution in [0.4, 0.5) is 8.78 Å². The zero-order chi connectivity index (χ0) is 16.2. The number of hydrogen-bond donors (Lipinski definition) is 0. The van der Waals surface area contributed by atoms with Crippen LogP contribution in [0.25, 0.3) is 0 Å². The van der Waals surface area contributed by atoms with Gasteiger partial charge in [0.1, 0.15) is 0 Å². The molecule has 120 valence electrons. The lowest BCUT2D eigenvalue weighted by atomic mass is 9.89. The van der Waals surface area contributed by atoms with Crippen molar-refractivity contribution in [2.45, 2.75) is 42.3 Å². The van der Waals surface area contributed by atoms with Gasteiger partial charge in [0, 0.05) is 0 Å². The van der Waals surface area contributed by atoms with E-state index in [4.69, 9.17) is 0 Å². The highest BCUT2D eigenvalue weighted by molar-refractivity contribution is 7.93. The van der Waals surface area contributed by atoms with E-state index in [-0.39, 0.29) is 5.92 Å². The first kappa shape index (κ1) is 16.8. The second-order valence-corrected chi connectivity index (χ2v) is 7.45. The molecule has 22 heavy (non-hydrogen) atoms. The minimum atomic E-state index is -5.02. The van der Waals surface area contributed by atoms with Crippen LogP contribution in [0.5, 0.6) is 0 Å². The van der Waals surface area contributed by atoms with E-state index in [1.165, 1.54) is 24.3 Å². The lowest BCUT2D eigenvalue weighted by Crippen LogP contribution is -2.36. The van der Waals surface area contributed by atoms with Gasteiger partial charge in [0.15, 0.2) is 0 Å². The van der Waals surface area contributed by atoms with Gasteiger partial charge in [-0.05, 0) is 37.0 Å². The molecule has 1 aliphatic rings. The van der Waals surface area contributed by atoms with Crippen LogP contribution in [0, 0.1) is 5.92 Å². The fourth-order valence-corrected chi connectivity index (χ4v) is 3.67. The number of alkyl halides is 2. The predicted octanol–water partition coefficient (Wildman–Crippen LogP) is 3.76. The number of benzene rings is 1. The van der Waals surface area contributed by atoms with E-state index in [9.17, 15) is 22.0 Å². The van der Waals surface area contributed by atoms with Crippen LogP contribution in [-0.4, -0.2) is 19.5 Å². The Kier molecular flexibility index (Phi) is 5.11. The van der Waals surface area contributed by atoms with Gasteiger partial charge in [-0.25, -0.2) is 8.42 Å². The van der Waals surface area contributed by atoms with E-state index in [0.29, 0.717) is 0 Å². The Bertz CT molecular complexity index is 645. The molecule has 0 atom stereocenters. The maximum atomic E-state index is 14.0. The summed E-state index contributed by atoms with van der Waals surface area (Å²) in [4.78, 5) is 11.2. The summed E-state index contributed by atoms with van der Waals surface area (Å²) in [6.07, 6.45) is 6.97. The van der Waals surface area contributed by atoms with Gasteiger partial charge < -0.3 is 0 Å². The third-order valence-electron chi connectivity index (χ3n) is 3.85. The van der Waals surface area contributed by atoms with Crippen molar-refractivity contribution in [1.29, 1.82) is 0 Å². The Morgan fingerprint density at radius 1 is 1.09 bits per heavy atom.